The molecule has 0 amide bonds. The van der Waals surface area contributed by atoms with Gasteiger partial charge in [-0.15, -0.1) is 0 Å². The number of carboxylic acid groups (broad SMARTS) is 2. The maximum atomic E-state index is 10.2. The Morgan fingerprint density at radius 1 is 0.632 bits per heavy atom. The van der Waals surface area contributed by atoms with Crippen molar-refractivity contribution in [1.82, 2.24) is 0 Å². The van der Waals surface area contributed by atoms with Gasteiger partial charge in [0, 0.05) is 11.9 Å². The van der Waals surface area contributed by atoms with Gasteiger partial charge in [0.05, 0.1) is 0 Å². The molecule has 5 heteroatoms. The van der Waals surface area contributed by atoms with Crippen LogP contribution in [0.3, 0.4) is 0 Å². The van der Waals surface area contributed by atoms with Crippen molar-refractivity contribution in [2.45, 2.75) is 64.2 Å². The Morgan fingerprint density at radius 2 is 0.895 bits per heavy atom. The van der Waals surface area contributed by atoms with Crippen LogP contribution in [-0.2, 0) is 9.59 Å². The Balaban J connectivity index is 0.000000324. The van der Waals surface area contributed by atoms with E-state index in [9.17, 15) is 19.8 Å². The van der Waals surface area contributed by atoms with Crippen LogP contribution in [0.1, 0.15) is 64.2 Å². The summed E-state index contributed by atoms with van der Waals surface area (Å²) in [6.07, 6.45) is 10.0. The zero-order chi connectivity index (χ0) is 13.4. The molecule has 104 valence electrons. The Morgan fingerprint density at radius 3 is 1.05 bits per heavy atom. The second-order valence-corrected chi connectivity index (χ2v) is 5.31. The van der Waals surface area contributed by atoms with E-state index in [1.165, 1.54) is 12.8 Å². The number of carboxylic acids is 2. The van der Waals surface area contributed by atoms with Gasteiger partial charge in [-0.25, -0.2) is 0 Å². The molecule has 0 aromatic carbocycles. The Hall–Kier alpha value is 0.511. The van der Waals surface area contributed by atoms with E-state index in [0.29, 0.717) is 0 Å². The predicted octanol–water partition coefficient (Wildman–Crippen LogP) is 0.252. The summed E-state index contributed by atoms with van der Waals surface area (Å²) in [5.74, 6) is -1.98. The van der Waals surface area contributed by atoms with E-state index in [0.717, 1.165) is 51.4 Å². The summed E-state index contributed by atoms with van der Waals surface area (Å²) in [7, 11) is 0. The van der Waals surface area contributed by atoms with Gasteiger partial charge in [0.25, 0.3) is 0 Å². The number of rotatable bonds is 2. The summed E-state index contributed by atoms with van der Waals surface area (Å²) in [6, 6.07) is 0. The fourth-order valence-corrected chi connectivity index (χ4v) is 2.68. The van der Waals surface area contributed by atoms with E-state index in [-0.39, 0.29) is 60.7 Å². The van der Waals surface area contributed by atoms with Crippen LogP contribution >= 0.6 is 0 Å². The van der Waals surface area contributed by atoms with Crippen LogP contribution in [0, 0.1) is 11.8 Å². The summed E-state index contributed by atoms with van der Waals surface area (Å²) in [5, 5.41) is 20.5. The van der Waals surface area contributed by atoms with Gasteiger partial charge < -0.3 is 19.8 Å². The van der Waals surface area contributed by atoms with Crippen molar-refractivity contribution in [2.24, 2.45) is 11.8 Å². The van der Waals surface area contributed by atoms with E-state index < -0.39 is 11.9 Å². The van der Waals surface area contributed by atoms with E-state index in [1.807, 2.05) is 0 Å². The summed E-state index contributed by atoms with van der Waals surface area (Å²) >= 11 is 0. The third kappa shape index (κ3) is 8.40. The molecule has 0 unspecified atom stereocenters. The van der Waals surface area contributed by atoms with Gasteiger partial charge in [-0.2, -0.15) is 0 Å². The van der Waals surface area contributed by atoms with E-state index >= 15 is 0 Å². The van der Waals surface area contributed by atoms with Crippen LogP contribution in [0.2, 0.25) is 0 Å². The first kappa shape index (κ1) is 19.5. The third-order valence-electron chi connectivity index (χ3n) is 3.88. The molecule has 0 heterocycles. The second kappa shape index (κ2) is 11.2. The zero-order valence-electron chi connectivity index (χ0n) is 11.6. The standard InChI is InChI=1S/2C7H12O2.Ba/c2*8-7(9)6-4-2-1-3-5-6;/h2*6H,1-5H2,(H,8,9);/q;;+2/p-2. The second-order valence-electron chi connectivity index (χ2n) is 5.31. The molecule has 0 aliphatic heterocycles. The number of hydrogen-bond donors (Lipinski definition) is 0. The van der Waals surface area contributed by atoms with Gasteiger partial charge in [0.15, 0.2) is 0 Å². The minimum Gasteiger partial charge on any atom is -0.550 e. The summed E-state index contributed by atoms with van der Waals surface area (Å²) in [5.41, 5.74) is 0. The van der Waals surface area contributed by atoms with Crippen LogP contribution in [0.4, 0.5) is 0 Å². The van der Waals surface area contributed by atoms with Crippen molar-refractivity contribution >= 4 is 60.8 Å². The fraction of sp³-hybridized carbons (Fsp3) is 0.857. The van der Waals surface area contributed by atoms with Crippen molar-refractivity contribution in [3.63, 3.8) is 0 Å². The molecule has 0 spiro atoms. The molecule has 2 aliphatic carbocycles. The van der Waals surface area contributed by atoms with Crippen LogP contribution in [0.25, 0.3) is 0 Å². The van der Waals surface area contributed by atoms with Crippen LogP contribution < -0.4 is 10.2 Å². The first-order chi connectivity index (χ1) is 8.61. The average Bonchev–Trinajstić information content (AvgIpc) is 2.41. The van der Waals surface area contributed by atoms with Gasteiger partial charge in [-0.05, 0) is 37.5 Å². The van der Waals surface area contributed by atoms with Crippen molar-refractivity contribution in [1.29, 1.82) is 0 Å². The molecule has 0 bridgehead atoms. The van der Waals surface area contributed by atoms with Crippen molar-refractivity contribution < 1.29 is 19.8 Å². The molecule has 0 aromatic rings. The van der Waals surface area contributed by atoms with E-state index in [2.05, 4.69) is 0 Å². The van der Waals surface area contributed by atoms with E-state index in [1.54, 1.807) is 0 Å². The van der Waals surface area contributed by atoms with Crippen molar-refractivity contribution in [3.8, 4) is 0 Å². The van der Waals surface area contributed by atoms with Crippen LogP contribution in [-0.4, -0.2) is 60.8 Å². The minimum absolute atomic E-state index is 0. The molecule has 4 nitrogen and oxygen atoms in total. The Labute approximate surface area is 155 Å². The molecular weight excluding hydrogens is 369 g/mol. The largest absolute Gasteiger partial charge is 2.00 e. The Bertz CT molecular complexity index is 241. The summed E-state index contributed by atoms with van der Waals surface area (Å²) in [6.45, 7) is 0. The van der Waals surface area contributed by atoms with Gasteiger partial charge in [0.1, 0.15) is 0 Å². The maximum Gasteiger partial charge on any atom is 2.00 e. The van der Waals surface area contributed by atoms with Crippen LogP contribution in [0.15, 0.2) is 0 Å². The summed E-state index contributed by atoms with van der Waals surface area (Å²) in [4.78, 5) is 20.5. The molecular formula is C14H22BaO4. The molecule has 0 atom stereocenters. The topological polar surface area (TPSA) is 80.3 Å². The Kier molecular flexibility index (Phi) is 11.5. The molecule has 0 aromatic heterocycles. The molecule has 2 saturated carbocycles. The normalized spacial score (nSPS) is 20.6. The molecule has 0 radical (unpaired) electrons. The zero-order valence-corrected chi connectivity index (χ0v) is 16.0. The van der Waals surface area contributed by atoms with Gasteiger partial charge >= 0.3 is 48.9 Å². The minimum atomic E-state index is -0.852. The first-order valence-corrected chi connectivity index (χ1v) is 7.03. The molecule has 2 aliphatic rings. The number of carbonyl (C=O) groups excluding carboxylic acids is 2. The smallest absolute Gasteiger partial charge is 0.550 e. The molecule has 19 heavy (non-hydrogen) atoms. The molecule has 0 N–H and O–H groups in total. The first-order valence-electron chi connectivity index (χ1n) is 7.03. The quantitative estimate of drug-likeness (QED) is 0.632. The SMILES string of the molecule is O=C([O-])C1CCCCC1.O=C([O-])C1CCCCC1.[Ba+2]. The monoisotopic (exact) mass is 392 g/mol. The number of aliphatic carboxylic acids is 2. The van der Waals surface area contributed by atoms with Crippen molar-refractivity contribution in [2.75, 3.05) is 0 Å². The predicted molar refractivity (Wildman–Crippen MR) is 68.9 cm³/mol. The molecule has 0 saturated heterocycles. The number of hydrogen-bond acceptors (Lipinski definition) is 4. The molecule has 2 fully saturated rings. The maximum absolute atomic E-state index is 10.2. The fourth-order valence-electron chi connectivity index (χ4n) is 2.68. The van der Waals surface area contributed by atoms with E-state index in [4.69, 9.17) is 0 Å². The number of carbonyl (C=O) groups is 2. The summed E-state index contributed by atoms with van der Waals surface area (Å²) < 4.78 is 0. The molecule has 2 rings (SSSR count). The van der Waals surface area contributed by atoms with Gasteiger partial charge in [-0.1, -0.05) is 38.5 Å². The average molecular weight is 392 g/mol. The van der Waals surface area contributed by atoms with Crippen molar-refractivity contribution in [3.05, 3.63) is 0 Å². The third-order valence-corrected chi connectivity index (χ3v) is 3.88. The van der Waals surface area contributed by atoms with Gasteiger partial charge in [-0.3, -0.25) is 0 Å². The van der Waals surface area contributed by atoms with Crippen LogP contribution in [0.5, 0.6) is 0 Å². The van der Waals surface area contributed by atoms with Gasteiger partial charge in [0.2, 0.25) is 0 Å².